The quantitative estimate of drug-likeness (QED) is 0.483. The molecular weight excluding hydrogens is 346 g/mol. The van der Waals surface area contributed by atoms with Crippen LogP contribution in [-0.2, 0) is 4.74 Å². The summed E-state index contributed by atoms with van der Waals surface area (Å²) in [7, 11) is 1.46. The van der Waals surface area contributed by atoms with Crippen molar-refractivity contribution in [2.45, 2.75) is 77.0 Å². The molecule has 0 unspecified atom stereocenters. The number of hydrogen-bond acceptors (Lipinski definition) is 2. The molecular formula is C23H34F2O2. The van der Waals surface area contributed by atoms with Gasteiger partial charge in [0.1, 0.15) is 0 Å². The first-order chi connectivity index (χ1) is 13.1. The predicted octanol–water partition coefficient (Wildman–Crippen LogP) is 6.83. The molecule has 0 heterocycles. The van der Waals surface area contributed by atoms with Crippen molar-refractivity contribution in [2.24, 2.45) is 17.8 Å². The molecule has 2 aliphatic rings. The van der Waals surface area contributed by atoms with E-state index in [1.54, 1.807) is 6.07 Å². The van der Waals surface area contributed by atoms with Gasteiger partial charge in [0, 0.05) is 7.11 Å². The first kappa shape index (κ1) is 20.6. The summed E-state index contributed by atoms with van der Waals surface area (Å²) in [4.78, 5) is 0. The highest BCUT2D eigenvalue weighted by Crippen LogP contribution is 2.45. The lowest BCUT2D eigenvalue weighted by atomic mass is 9.68. The number of benzene rings is 1. The molecule has 0 atom stereocenters. The molecule has 3 rings (SSSR count). The van der Waals surface area contributed by atoms with Gasteiger partial charge in [-0.25, -0.2) is 4.39 Å². The molecule has 2 fully saturated rings. The fourth-order valence-corrected chi connectivity index (χ4v) is 5.35. The maximum Gasteiger partial charge on any atom is 0.201 e. The second-order valence-electron chi connectivity index (χ2n) is 8.51. The van der Waals surface area contributed by atoms with E-state index in [2.05, 4.69) is 6.92 Å². The third kappa shape index (κ3) is 5.01. The second kappa shape index (κ2) is 9.86. The molecule has 0 spiro atoms. The molecule has 2 nitrogen and oxygen atoms in total. The maximum absolute atomic E-state index is 14.5. The Morgan fingerprint density at radius 1 is 0.889 bits per heavy atom. The zero-order chi connectivity index (χ0) is 19.2. The highest BCUT2D eigenvalue weighted by Gasteiger charge is 2.32. The zero-order valence-electron chi connectivity index (χ0n) is 16.8. The molecule has 4 heteroatoms. The minimum absolute atomic E-state index is 0.0735. The van der Waals surface area contributed by atoms with Crippen LogP contribution in [0.2, 0.25) is 0 Å². The molecule has 1 aromatic rings. The van der Waals surface area contributed by atoms with Gasteiger partial charge < -0.3 is 9.47 Å². The van der Waals surface area contributed by atoms with Crippen molar-refractivity contribution in [3.8, 4) is 5.75 Å². The fourth-order valence-electron chi connectivity index (χ4n) is 5.35. The van der Waals surface area contributed by atoms with Crippen LogP contribution in [0.25, 0.3) is 0 Å². The smallest absolute Gasteiger partial charge is 0.201 e. The normalized spacial score (nSPS) is 28.9. The van der Waals surface area contributed by atoms with Crippen LogP contribution in [0, 0.1) is 29.4 Å². The average Bonchev–Trinajstić information content (AvgIpc) is 2.70. The van der Waals surface area contributed by atoms with E-state index in [4.69, 9.17) is 9.47 Å². The summed E-state index contributed by atoms with van der Waals surface area (Å²) in [5.74, 6) is 0.998. The number of rotatable bonds is 7. The largest absolute Gasteiger partial charge is 0.464 e. The van der Waals surface area contributed by atoms with E-state index in [0.717, 1.165) is 43.4 Å². The molecule has 0 aromatic heterocycles. The van der Waals surface area contributed by atoms with Crippen molar-refractivity contribution in [3.05, 3.63) is 29.3 Å². The Balaban J connectivity index is 1.54. The monoisotopic (exact) mass is 380 g/mol. The zero-order valence-corrected chi connectivity index (χ0v) is 16.8. The number of hydrogen-bond donors (Lipinski definition) is 0. The van der Waals surface area contributed by atoms with E-state index in [0.29, 0.717) is 5.56 Å². The summed E-state index contributed by atoms with van der Waals surface area (Å²) in [6.45, 7) is 2.20. The van der Waals surface area contributed by atoms with Crippen LogP contribution >= 0.6 is 0 Å². The minimum Gasteiger partial charge on any atom is -0.464 e. The molecule has 1 aromatic carbocycles. The molecule has 152 valence electrons. The van der Waals surface area contributed by atoms with Crippen LogP contribution in [0.5, 0.6) is 5.75 Å². The van der Waals surface area contributed by atoms with Gasteiger partial charge in [-0.1, -0.05) is 38.7 Å². The summed E-state index contributed by atoms with van der Waals surface area (Å²) >= 11 is 0. The van der Waals surface area contributed by atoms with Gasteiger partial charge in [0.2, 0.25) is 5.82 Å². The third-order valence-corrected chi connectivity index (χ3v) is 6.88. The number of halogens is 2. The van der Waals surface area contributed by atoms with Crippen LogP contribution in [0.4, 0.5) is 8.78 Å². The SMILES string of the molecule is CCCC1CCC(C2CCC(c3ccc(OCOC)c(F)c3F)CC2)CC1. The molecule has 0 radical (unpaired) electrons. The molecule has 0 amide bonds. The van der Waals surface area contributed by atoms with Gasteiger partial charge in [-0.2, -0.15) is 4.39 Å². The van der Waals surface area contributed by atoms with E-state index >= 15 is 0 Å². The van der Waals surface area contributed by atoms with Crippen LogP contribution in [0.1, 0.15) is 82.6 Å². The molecule has 2 aliphatic carbocycles. The Hall–Kier alpha value is -1.16. The van der Waals surface area contributed by atoms with Crippen LogP contribution < -0.4 is 4.74 Å². The lowest BCUT2D eigenvalue weighted by molar-refractivity contribution is 0.0477. The highest BCUT2D eigenvalue weighted by molar-refractivity contribution is 5.33. The Morgan fingerprint density at radius 2 is 1.52 bits per heavy atom. The first-order valence-corrected chi connectivity index (χ1v) is 10.7. The van der Waals surface area contributed by atoms with Gasteiger partial charge in [0.05, 0.1) is 0 Å². The van der Waals surface area contributed by atoms with E-state index in [9.17, 15) is 8.78 Å². The number of ether oxygens (including phenoxy) is 2. The van der Waals surface area contributed by atoms with Gasteiger partial charge in [-0.05, 0) is 73.8 Å². The summed E-state index contributed by atoms with van der Waals surface area (Å²) < 4.78 is 38.7. The standard InChI is InChI=1S/C23H34F2O2/c1-3-4-16-5-7-17(8-6-16)18-9-11-19(12-10-18)20-13-14-21(27-15-26-2)23(25)22(20)24/h13-14,16-19H,3-12,15H2,1-2H3. The maximum atomic E-state index is 14.5. The van der Waals surface area contributed by atoms with E-state index < -0.39 is 11.6 Å². The molecule has 27 heavy (non-hydrogen) atoms. The van der Waals surface area contributed by atoms with Crippen LogP contribution in [0.3, 0.4) is 0 Å². The van der Waals surface area contributed by atoms with E-state index in [1.165, 1.54) is 51.7 Å². The first-order valence-electron chi connectivity index (χ1n) is 10.7. The van der Waals surface area contributed by atoms with Gasteiger partial charge in [0.15, 0.2) is 18.4 Å². The van der Waals surface area contributed by atoms with E-state index in [-0.39, 0.29) is 18.5 Å². The molecule has 0 aliphatic heterocycles. The molecule has 2 saturated carbocycles. The van der Waals surface area contributed by atoms with E-state index in [1.807, 2.05) is 0 Å². The Bertz CT molecular complexity index is 588. The number of methoxy groups -OCH3 is 1. The average molecular weight is 381 g/mol. The van der Waals surface area contributed by atoms with Crippen molar-refractivity contribution in [2.75, 3.05) is 13.9 Å². The Labute approximate surface area is 162 Å². The minimum atomic E-state index is -0.888. The Morgan fingerprint density at radius 3 is 2.11 bits per heavy atom. The fraction of sp³-hybridized carbons (Fsp3) is 0.739. The second-order valence-corrected chi connectivity index (χ2v) is 8.51. The summed E-state index contributed by atoms with van der Waals surface area (Å²) in [5.41, 5.74) is 0.516. The van der Waals surface area contributed by atoms with Crippen molar-refractivity contribution in [1.29, 1.82) is 0 Å². The Kier molecular flexibility index (Phi) is 7.51. The van der Waals surface area contributed by atoms with Gasteiger partial charge in [0.25, 0.3) is 0 Å². The van der Waals surface area contributed by atoms with Gasteiger partial charge >= 0.3 is 0 Å². The summed E-state index contributed by atoms with van der Waals surface area (Å²) in [6.07, 6.45) is 12.4. The predicted molar refractivity (Wildman–Crippen MR) is 104 cm³/mol. The molecule has 0 saturated heterocycles. The lowest BCUT2D eigenvalue weighted by Crippen LogP contribution is -2.25. The van der Waals surface area contributed by atoms with Gasteiger partial charge in [-0.3, -0.25) is 0 Å². The van der Waals surface area contributed by atoms with Crippen molar-refractivity contribution >= 4 is 0 Å². The molecule has 0 N–H and O–H groups in total. The highest BCUT2D eigenvalue weighted by atomic mass is 19.2. The molecule has 0 bridgehead atoms. The summed E-state index contributed by atoms with van der Waals surface area (Å²) in [6, 6.07) is 3.23. The van der Waals surface area contributed by atoms with Crippen LogP contribution in [0.15, 0.2) is 12.1 Å². The van der Waals surface area contributed by atoms with Gasteiger partial charge in [-0.15, -0.1) is 0 Å². The van der Waals surface area contributed by atoms with Crippen molar-refractivity contribution in [3.63, 3.8) is 0 Å². The lowest BCUT2D eigenvalue weighted by Gasteiger charge is -2.38. The summed E-state index contributed by atoms with van der Waals surface area (Å²) in [5, 5.41) is 0. The van der Waals surface area contributed by atoms with Crippen molar-refractivity contribution in [1.82, 2.24) is 0 Å². The third-order valence-electron chi connectivity index (χ3n) is 6.88. The van der Waals surface area contributed by atoms with Crippen LogP contribution in [-0.4, -0.2) is 13.9 Å². The topological polar surface area (TPSA) is 18.5 Å². The van der Waals surface area contributed by atoms with Crippen molar-refractivity contribution < 1.29 is 18.3 Å².